The summed E-state index contributed by atoms with van der Waals surface area (Å²) in [5.41, 5.74) is 0. The third-order valence-electron chi connectivity index (χ3n) is 1.53. The highest BCUT2D eigenvalue weighted by molar-refractivity contribution is 8.00. The molecule has 0 saturated carbocycles. The third-order valence-corrected chi connectivity index (χ3v) is 3.66. The summed E-state index contributed by atoms with van der Waals surface area (Å²) in [5.74, 6) is -0.0382. The molecule has 0 aliphatic heterocycles. The minimum Gasteiger partial charge on any atom is -0.468 e. The predicted octanol–water partition coefficient (Wildman–Crippen LogP) is 2.13. The van der Waals surface area contributed by atoms with Crippen molar-refractivity contribution in [2.24, 2.45) is 0 Å². The standard InChI is InChI=1S/C9H10O3S2/c1-6-3-7(8(4-10)14-6)13-5-9(11)12-2/h3-4H,5H2,1-2H3. The minimum absolute atomic E-state index is 0.244. The van der Waals surface area contributed by atoms with E-state index in [0.29, 0.717) is 4.88 Å². The Kier molecular flexibility index (Phi) is 4.16. The Bertz CT molecular complexity index is 344. The first-order valence-corrected chi connectivity index (χ1v) is 5.72. The second-order valence-corrected chi connectivity index (χ2v) is 4.87. The number of thiophene rings is 1. The molecule has 0 aromatic carbocycles. The topological polar surface area (TPSA) is 43.4 Å². The Labute approximate surface area is 90.5 Å². The Balaban J connectivity index is 2.66. The van der Waals surface area contributed by atoms with Crippen LogP contribution in [0.25, 0.3) is 0 Å². The van der Waals surface area contributed by atoms with Gasteiger partial charge in [-0.15, -0.1) is 23.1 Å². The van der Waals surface area contributed by atoms with Crippen molar-refractivity contribution in [3.63, 3.8) is 0 Å². The van der Waals surface area contributed by atoms with Crippen LogP contribution in [0, 0.1) is 6.92 Å². The van der Waals surface area contributed by atoms with Gasteiger partial charge in [-0.25, -0.2) is 0 Å². The normalized spacial score (nSPS) is 9.86. The van der Waals surface area contributed by atoms with Crippen molar-refractivity contribution in [3.05, 3.63) is 15.8 Å². The van der Waals surface area contributed by atoms with Gasteiger partial charge in [0.25, 0.3) is 0 Å². The highest BCUT2D eigenvalue weighted by Crippen LogP contribution is 2.29. The monoisotopic (exact) mass is 230 g/mol. The van der Waals surface area contributed by atoms with E-state index in [1.54, 1.807) is 0 Å². The van der Waals surface area contributed by atoms with E-state index >= 15 is 0 Å². The molecule has 0 fully saturated rings. The Morgan fingerprint density at radius 1 is 1.71 bits per heavy atom. The van der Waals surface area contributed by atoms with Gasteiger partial charge in [-0.2, -0.15) is 0 Å². The lowest BCUT2D eigenvalue weighted by Gasteiger charge is -1.97. The average Bonchev–Trinajstić information content (AvgIpc) is 2.55. The van der Waals surface area contributed by atoms with Gasteiger partial charge in [-0.05, 0) is 13.0 Å². The van der Waals surface area contributed by atoms with Gasteiger partial charge >= 0.3 is 5.97 Å². The summed E-state index contributed by atoms with van der Waals surface area (Å²) in [5, 5.41) is 0. The third kappa shape index (κ3) is 2.85. The van der Waals surface area contributed by atoms with E-state index < -0.39 is 0 Å². The fourth-order valence-corrected chi connectivity index (χ4v) is 2.85. The van der Waals surface area contributed by atoms with Crippen LogP contribution in [0.15, 0.2) is 11.0 Å². The molecule has 1 aromatic rings. The van der Waals surface area contributed by atoms with Gasteiger partial charge < -0.3 is 4.74 Å². The number of rotatable bonds is 4. The first kappa shape index (κ1) is 11.3. The largest absolute Gasteiger partial charge is 0.468 e. The molecule has 1 aromatic heterocycles. The highest BCUT2D eigenvalue weighted by atomic mass is 32.2. The molecule has 0 N–H and O–H groups in total. The fourth-order valence-electron chi connectivity index (χ4n) is 0.899. The number of carbonyl (C=O) groups is 2. The Morgan fingerprint density at radius 2 is 2.43 bits per heavy atom. The summed E-state index contributed by atoms with van der Waals surface area (Å²) < 4.78 is 4.51. The van der Waals surface area contributed by atoms with Gasteiger partial charge in [0, 0.05) is 9.77 Å². The van der Waals surface area contributed by atoms with E-state index in [4.69, 9.17) is 0 Å². The number of aryl methyl sites for hydroxylation is 1. The molecular formula is C9H10O3S2. The summed E-state index contributed by atoms with van der Waals surface area (Å²) >= 11 is 2.76. The quantitative estimate of drug-likeness (QED) is 0.451. The molecule has 0 aliphatic rings. The average molecular weight is 230 g/mol. The Morgan fingerprint density at radius 3 is 3.00 bits per heavy atom. The first-order chi connectivity index (χ1) is 6.67. The summed E-state index contributed by atoms with van der Waals surface area (Å²) in [6.07, 6.45) is 0.817. The number of methoxy groups -OCH3 is 1. The van der Waals surface area contributed by atoms with E-state index in [-0.39, 0.29) is 11.7 Å². The fraction of sp³-hybridized carbons (Fsp3) is 0.333. The zero-order valence-electron chi connectivity index (χ0n) is 7.90. The van der Waals surface area contributed by atoms with E-state index in [2.05, 4.69) is 4.74 Å². The molecule has 5 heteroatoms. The van der Waals surface area contributed by atoms with Gasteiger partial charge in [0.05, 0.1) is 17.7 Å². The van der Waals surface area contributed by atoms with Crippen LogP contribution in [0.2, 0.25) is 0 Å². The summed E-state index contributed by atoms with van der Waals surface area (Å²) in [4.78, 5) is 24.1. The van der Waals surface area contributed by atoms with Crippen molar-refractivity contribution in [3.8, 4) is 0 Å². The van der Waals surface area contributed by atoms with Crippen molar-refractivity contribution in [2.75, 3.05) is 12.9 Å². The summed E-state index contributed by atoms with van der Waals surface area (Å²) in [6.45, 7) is 1.93. The number of hydrogen-bond acceptors (Lipinski definition) is 5. The number of esters is 1. The van der Waals surface area contributed by atoms with E-state index in [1.165, 1.54) is 30.2 Å². The van der Waals surface area contributed by atoms with Crippen molar-refractivity contribution >= 4 is 35.4 Å². The SMILES string of the molecule is COC(=O)CSc1cc(C)sc1C=O. The molecule has 0 saturated heterocycles. The van der Waals surface area contributed by atoms with E-state index in [0.717, 1.165) is 16.1 Å². The molecule has 14 heavy (non-hydrogen) atoms. The summed E-state index contributed by atoms with van der Waals surface area (Å²) in [7, 11) is 1.35. The van der Waals surface area contributed by atoms with Crippen LogP contribution in [0.3, 0.4) is 0 Å². The lowest BCUT2D eigenvalue weighted by atomic mass is 10.4. The van der Waals surface area contributed by atoms with Crippen LogP contribution in [0.4, 0.5) is 0 Å². The second-order valence-electron chi connectivity index (χ2n) is 2.57. The van der Waals surface area contributed by atoms with Gasteiger partial charge in [0.2, 0.25) is 0 Å². The number of ether oxygens (including phenoxy) is 1. The van der Waals surface area contributed by atoms with Gasteiger partial charge in [0.1, 0.15) is 0 Å². The number of hydrogen-bond donors (Lipinski definition) is 0. The zero-order chi connectivity index (χ0) is 10.6. The molecular weight excluding hydrogens is 220 g/mol. The van der Waals surface area contributed by atoms with Crippen molar-refractivity contribution in [2.45, 2.75) is 11.8 Å². The maximum Gasteiger partial charge on any atom is 0.315 e. The number of thioether (sulfide) groups is 1. The van der Waals surface area contributed by atoms with E-state index in [1.807, 2.05) is 13.0 Å². The van der Waals surface area contributed by atoms with Gasteiger partial charge in [-0.1, -0.05) is 0 Å². The molecule has 3 nitrogen and oxygen atoms in total. The number of aldehydes is 1. The van der Waals surface area contributed by atoms with Crippen LogP contribution < -0.4 is 0 Å². The summed E-state index contributed by atoms with van der Waals surface area (Å²) in [6, 6.07) is 1.90. The molecule has 0 spiro atoms. The van der Waals surface area contributed by atoms with Crippen molar-refractivity contribution in [1.29, 1.82) is 0 Å². The van der Waals surface area contributed by atoms with Gasteiger partial charge in [-0.3, -0.25) is 9.59 Å². The van der Waals surface area contributed by atoms with Crippen LogP contribution in [-0.4, -0.2) is 25.1 Å². The second kappa shape index (κ2) is 5.17. The highest BCUT2D eigenvalue weighted by Gasteiger charge is 2.09. The molecule has 0 bridgehead atoms. The molecule has 0 radical (unpaired) electrons. The van der Waals surface area contributed by atoms with Crippen LogP contribution in [0.1, 0.15) is 14.5 Å². The van der Waals surface area contributed by atoms with Gasteiger partial charge in [0.15, 0.2) is 6.29 Å². The lowest BCUT2D eigenvalue weighted by molar-refractivity contribution is -0.137. The van der Waals surface area contributed by atoms with Crippen molar-refractivity contribution in [1.82, 2.24) is 0 Å². The zero-order valence-corrected chi connectivity index (χ0v) is 9.54. The molecule has 76 valence electrons. The van der Waals surface area contributed by atoms with Crippen LogP contribution in [0.5, 0.6) is 0 Å². The van der Waals surface area contributed by atoms with E-state index in [9.17, 15) is 9.59 Å². The first-order valence-electron chi connectivity index (χ1n) is 3.92. The molecule has 0 amide bonds. The smallest absolute Gasteiger partial charge is 0.315 e. The van der Waals surface area contributed by atoms with Crippen LogP contribution in [-0.2, 0) is 9.53 Å². The minimum atomic E-state index is -0.282. The molecule has 0 atom stereocenters. The van der Waals surface area contributed by atoms with Crippen LogP contribution >= 0.6 is 23.1 Å². The maximum absolute atomic E-state index is 10.9. The predicted molar refractivity (Wildman–Crippen MR) is 57.2 cm³/mol. The number of carbonyl (C=O) groups excluding carboxylic acids is 2. The Hall–Kier alpha value is -0.810. The maximum atomic E-state index is 10.9. The molecule has 0 aliphatic carbocycles. The molecule has 1 rings (SSSR count). The van der Waals surface area contributed by atoms with Crippen molar-refractivity contribution < 1.29 is 14.3 Å². The molecule has 1 heterocycles. The lowest BCUT2D eigenvalue weighted by Crippen LogP contribution is -2.02. The molecule has 0 unspecified atom stereocenters.